The summed E-state index contributed by atoms with van der Waals surface area (Å²) in [5.74, 6) is 6.14. The Bertz CT molecular complexity index is 3770. The molecule has 8 aromatic carbocycles. The summed E-state index contributed by atoms with van der Waals surface area (Å²) in [5.41, 5.74) is 28.8. The molecule has 0 spiro atoms. The van der Waals surface area contributed by atoms with E-state index in [-0.39, 0.29) is 30.3 Å². The monoisotopic (exact) mass is 981 g/mol. The van der Waals surface area contributed by atoms with Crippen LogP contribution in [0.4, 0.5) is 27.5 Å². The molecule has 21 rings (SSSR count). The molecule has 0 saturated heterocycles. The third-order valence-corrected chi connectivity index (χ3v) is 23.1. The Morgan fingerprint density at radius 3 is 1.24 bits per heavy atom. The van der Waals surface area contributed by atoms with Gasteiger partial charge >= 0.3 is 6.03 Å². The van der Waals surface area contributed by atoms with Crippen molar-refractivity contribution in [3.8, 4) is 22.3 Å². The molecule has 8 bridgehead atoms. The Morgan fingerprint density at radius 2 is 0.803 bits per heavy atom. The van der Waals surface area contributed by atoms with E-state index in [9.17, 15) is 0 Å². The molecule has 4 atom stereocenters. The second kappa shape index (κ2) is 14.1. The van der Waals surface area contributed by atoms with Gasteiger partial charge in [0, 0.05) is 27.6 Å². The van der Waals surface area contributed by atoms with Gasteiger partial charge in [0.05, 0.1) is 11.4 Å². The summed E-state index contributed by atoms with van der Waals surface area (Å²) < 4.78 is 0. The summed E-state index contributed by atoms with van der Waals surface area (Å²) >= 11 is 0. The molecule has 2 amide bonds. The van der Waals surface area contributed by atoms with Crippen molar-refractivity contribution >= 4 is 85.8 Å². The van der Waals surface area contributed by atoms with E-state index < -0.39 is 0 Å². The highest BCUT2D eigenvalue weighted by atomic mass is 16.2. The fraction of sp³-hybridized carbons (Fsp3) is 0.338. The van der Waals surface area contributed by atoms with Gasteiger partial charge in [0.25, 0.3) is 0 Å². The number of anilines is 4. The van der Waals surface area contributed by atoms with E-state index in [1.54, 1.807) is 22.3 Å². The predicted molar refractivity (Wildman–Crippen MR) is 315 cm³/mol. The van der Waals surface area contributed by atoms with Crippen LogP contribution in [0.25, 0.3) is 33.0 Å². The molecule has 0 N–H and O–H groups in total. The molecule has 4 saturated carbocycles. The summed E-state index contributed by atoms with van der Waals surface area (Å²) in [6.45, 7) is 9.59. The highest BCUT2D eigenvalue weighted by Gasteiger charge is 2.52. The zero-order valence-electron chi connectivity index (χ0n) is 44.3. The standard InChI is InChI=1S/C71H62B2N2O/c1-70(2)56-11-7-5-9-50(56)54-33-64-62(35-58(54)70)72(46-15-17-48-42-23-37-21-38(24-42)28-44(27-37)52(48)31-46)60-19-13-41-14-20-61-68-66(41)67(60)74(64)69(76)75(68)65-34-55-51-10-6-8-12-57(51)71(3,4)59(55)36-63(65)73(61)47-16-18-49-43-25-39-22-40(26-43)30-45(29-39)53(49)32-47/h5-20,31-40,42-45H,21-30H2,1-4H3. The molecular weight excluding hydrogens is 918 g/mol. The van der Waals surface area contributed by atoms with Crippen molar-refractivity contribution in [3.05, 3.63) is 178 Å². The van der Waals surface area contributed by atoms with Crippen molar-refractivity contribution in [2.75, 3.05) is 9.80 Å². The van der Waals surface area contributed by atoms with Crippen LogP contribution in [0.15, 0.2) is 133 Å². The van der Waals surface area contributed by atoms with Gasteiger partial charge in [-0.3, -0.25) is 9.80 Å². The average molecular weight is 981 g/mol. The van der Waals surface area contributed by atoms with Crippen LogP contribution >= 0.6 is 0 Å². The number of fused-ring (bicyclic) bond motifs is 10. The Balaban J connectivity index is 0.893. The number of amides is 2. The van der Waals surface area contributed by atoms with E-state index in [1.165, 1.54) is 152 Å². The van der Waals surface area contributed by atoms with E-state index >= 15 is 4.79 Å². The van der Waals surface area contributed by atoms with Crippen LogP contribution < -0.4 is 42.6 Å². The second-order valence-electron chi connectivity index (χ2n) is 27.6. The van der Waals surface area contributed by atoms with E-state index in [0.29, 0.717) is 23.7 Å². The zero-order valence-corrected chi connectivity index (χ0v) is 44.3. The van der Waals surface area contributed by atoms with Gasteiger partial charge in [-0.05, 0) is 218 Å². The van der Waals surface area contributed by atoms with Crippen LogP contribution in [0.5, 0.6) is 0 Å². The lowest BCUT2D eigenvalue weighted by Crippen LogP contribution is -2.64. The smallest absolute Gasteiger partial charge is 0.263 e. The molecule has 4 unspecified atom stereocenters. The van der Waals surface area contributed by atoms with Crippen LogP contribution in [-0.4, -0.2) is 19.5 Å². The van der Waals surface area contributed by atoms with Crippen LogP contribution in [0.3, 0.4) is 0 Å². The van der Waals surface area contributed by atoms with Crippen LogP contribution in [0.2, 0.25) is 0 Å². The summed E-state index contributed by atoms with van der Waals surface area (Å²) in [5, 5.41) is 2.43. The quantitative estimate of drug-likeness (QED) is 0.158. The Labute approximate surface area is 448 Å². The number of hydrogen-bond donors (Lipinski definition) is 0. The number of nitrogens with zero attached hydrogens (tertiary/aromatic N) is 2. The molecule has 10 aliphatic carbocycles. The lowest BCUT2D eigenvalue weighted by Gasteiger charge is -2.47. The molecule has 4 fully saturated rings. The molecular formula is C71H62B2N2O. The molecule has 0 radical (unpaired) electrons. The topological polar surface area (TPSA) is 23.6 Å². The SMILES string of the molecule is CC1(C)c2ccccc2-c2cc3c(cc21)B(c1ccc2c(c1)C1CC4CC(CC2C4)C1)c1ccc2ccc4c5c2c1N3C(=O)N5c1cc2c(cc1B4c1ccc3c(c1)C1CC4CC(CC3C4)C1)C(C)(C)c1ccccc1-2. The van der Waals surface area contributed by atoms with E-state index in [2.05, 4.69) is 171 Å². The lowest BCUT2D eigenvalue weighted by atomic mass is 9.33. The summed E-state index contributed by atoms with van der Waals surface area (Å²) in [4.78, 5) is 21.4. The van der Waals surface area contributed by atoms with Gasteiger partial charge in [-0.15, -0.1) is 0 Å². The van der Waals surface area contributed by atoms with Gasteiger partial charge in [0.2, 0.25) is 13.4 Å². The zero-order chi connectivity index (χ0) is 50.0. The molecule has 76 heavy (non-hydrogen) atoms. The van der Waals surface area contributed by atoms with Crippen molar-refractivity contribution in [2.45, 2.75) is 126 Å². The highest BCUT2D eigenvalue weighted by Crippen LogP contribution is 2.59. The van der Waals surface area contributed by atoms with Crippen LogP contribution in [-0.2, 0) is 10.8 Å². The Kier molecular flexibility index (Phi) is 7.90. The number of rotatable bonds is 2. The molecule has 3 nitrogen and oxygen atoms in total. The summed E-state index contributed by atoms with van der Waals surface area (Å²) in [7, 11) is 0. The summed E-state index contributed by atoms with van der Waals surface area (Å²) in [6.07, 6.45) is 13.7. The molecule has 3 aliphatic heterocycles. The fourth-order valence-electron chi connectivity index (χ4n) is 20.2. The number of hydrogen-bond acceptors (Lipinski definition) is 1. The maximum absolute atomic E-state index is 17.0. The van der Waals surface area contributed by atoms with Gasteiger partial charge in [-0.25, -0.2) is 4.79 Å². The predicted octanol–water partition coefficient (Wildman–Crippen LogP) is 13.3. The molecule has 13 aliphatic rings. The number of benzene rings is 8. The maximum Gasteiger partial charge on any atom is 0.338 e. The molecule has 368 valence electrons. The van der Waals surface area contributed by atoms with E-state index in [1.807, 2.05) is 0 Å². The Hall–Kier alpha value is -6.58. The van der Waals surface area contributed by atoms with Crippen molar-refractivity contribution in [1.29, 1.82) is 0 Å². The van der Waals surface area contributed by atoms with Gasteiger partial charge < -0.3 is 0 Å². The van der Waals surface area contributed by atoms with E-state index in [4.69, 9.17) is 0 Å². The van der Waals surface area contributed by atoms with Crippen molar-refractivity contribution in [1.82, 2.24) is 0 Å². The van der Waals surface area contributed by atoms with Gasteiger partial charge in [-0.2, -0.15) is 0 Å². The molecule has 0 aromatic heterocycles. The number of urea groups is 1. The number of carbonyl (C=O) groups excluding carboxylic acids is 1. The lowest BCUT2D eigenvalue weighted by molar-refractivity contribution is 0.165. The normalized spacial score (nSPS) is 27.6. The minimum Gasteiger partial charge on any atom is -0.263 e. The minimum atomic E-state index is -0.185. The van der Waals surface area contributed by atoms with Crippen molar-refractivity contribution in [2.24, 2.45) is 23.7 Å². The minimum absolute atomic E-state index is 0.0302. The fourth-order valence-corrected chi connectivity index (χ4v) is 20.2. The van der Waals surface area contributed by atoms with Crippen LogP contribution in [0.1, 0.15) is 160 Å². The first-order chi connectivity index (χ1) is 37.0. The van der Waals surface area contributed by atoms with Gasteiger partial charge in [-0.1, -0.05) is 160 Å². The maximum atomic E-state index is 17.0. The van der Waals surface area contributed by atoms with Gasteiger partial charge in [0.1, 0.15) is 0 Å². The number of carbonyl (C=O) groups is 1. The Morgan fingerprint density at radius 1 is 0.395 bits per heavy atom. The molecule has 3 heterocycles. The average Bonchev–Trinajstić information content (AvgIpc) is 3.76. The third-order valence-electron chi connectivity index (χ3n) is 23.1. The van der Waals surface area contributed by atoms with Crippen molar-refractivity contribution in [3.63, 3.8) is 0 Å². The first-order valence-corrected chi connectivity index (χ1v) is 29.6. The first kappa shape index (κ1) is 42.5. The second-order valence-corrected chi connectivity index (χ2v) is 27.6. The summed E-state index contributed by atoms with van der Waals surface area (Å²) in [6, 6.07) is 53.4. The highest BCUT2D eigenvalue weighted by molar-refractivity contribution is 7.00. The first-order valence-electron chi connectivity index (χ1n) is 29.6. The third kappa shape index (κ3) is 5.19. The van der Waals surface area contributed by atoms with Crippen molar-refractivity contribution < 1.29 is 4.79 Å². The van der Waals surface area contributed by atoms with E-state index in [0.717, 1.165) is 46.4 Å². The molecule has 5 heteroatoms. The van der Waals surface area contributed by atoms with Crippen LogP contribution in [0, 0.1) is 23.7 Å². The molecule has 8 aromatic rings. The largest absolute Gasteiger partial charge is 0.338 e. The van der Waals surface area contributed by atoms with Gasteiger partial charge in [0.15, 0.2) is 0 Å².